The van der Waals surface area contributed by atoms with Crippen LogP contribution in [0.25, 0.3) is 10.9 Å². The van der Waals surface area contributed by atoms with Crippen molar-refractivity contribution >= 4 is 27.1 Å². The lowest BCUT2D eigenvalue weighted by molar-refractivity contribution is 0.583. The van der Waals surface area contributed by atoms with E-state index in [9.17, 15) is 8.42 Å². The minimum absolute atomic E-state index is 0.265. The summed E-state index contributed by atoms with van der Waals surface area (Å²) in [6.45, 7) is 7.88. The molecule has 0 radical (unpaired) electrons. The number of hydrogen-bond donors (Lipinski definition) is 0. The van der Waals surface area contributed by atoms with Crippen molar-refractivity contribution < 1.29 is 8.42 Å². The normalized spacial score (nSPS) is 13.0. The van der Waals surface area contributed by atoms with Crippen LogP contribution in [-0.2, 0) is 10.0 Å². The van der Waals surface area contributed by atoms with Gasteiger partial charge in [-0.25, -0.2) is 12.4 Å². The van der Waals surface area contributed by atoms with Gasteiger partial charge in [0, 0.05) is 11.6 Å². The number of nitrogens with zero attached hydrogens (tertiary/aromatic N) is 2. The molecule has 0 fully saturated rings. The van der Waals surface area contributed by atoms with E-state index in [1.807, 2.05) is 52.0 Å². The van der Waals surface area contributed by atoms with Crippen LogP contribution in [0.4, 0.5) is 0 Å². The molecule has 0 bridgehead atoms. The van der Waals surface area contributed by atoms with Crippen LogP contribution in [0, 0.1) is 6.92 Å². The van der Waals surface area contributed by atoms with Crippen LogP contribution in [0.1, 0.15) is 32.0 Å². The third-order valence-corrected chi connectivity index (χ3v) is 5.73. The Balaban J connectivity index is 2.36. The van der Waals surface area contributed by atoms with Gasteiger partial charge in [-0.1, -0.05) is 36.4 Å². The molecule has 4 nitrogen and oxygen atoms in total. The van der Waals surface area contributed by atoms with Crippen LogP contribution in [0.15, 0.2) is 64.5 Å². The Bertz CT molecular complexity index is 1040. The summed E-state index contributed by atoms with van der Waals surface area (Å²) in [5, 5.41) is 0.914. The van der Waals surface area contributed by atoms with Crippen LogP contribution in [-0.4, -0.2) is 24.1 Å². The van der Waals surface area contributed by atoms with Crippen molar-refractivity contribution in [1.29, 1.82) is 0 Å². The predicted octanol–water partition coefficient (Wildman–Crippen LogP) is 4.40. The second-order valence-electron chi connectivity index (χ2n) is 7.04. The number of benzene rings is 2. The van der Waals surface area contributed by atoms with Gasteiger partial charge in [-0.05, 0) is 51.5 Å². The number of para-hydroxylation sites is 1. The number of fused-ring (bicyclic) bond motifs is 1. The second-order valence-corrected chi connectivity index (χ2v) is 8.83. The summed E-state index contributed by atoms with van der Waals surface area (Å²) < 4.78 is 28.0. The highest BCUT2D eigenvalue weighted by Gasteiger charge is 2.24. The number of rotatable bonds is 3. The summed E-state index contributed by atoms with van der Waals surface area (Å²) in [7, 11) is -3.72. The van der Waals surface area contributed by atoms with Crippen molar-refractivity contribution in [3.05, 3.63) is 65.9 Å². The maximum atomic E-state index is 13.3. The maximum Gasteiger partial charge on any atom is 0.268 e. The molecule has 5 heteroatoms. The molecule has 3 rings (SSSR count). The molecular formula is C20H22N2O2S. The van der Waals surface area contributed by atoms with Gasteiger partial charge in [0.15, 0.2) is 0 Å². The highest BCUT2D eigenvalue weighted by Crippen LogP contribution is 2.29. The molecular weight excluding hydrogens is 332 g/mol. The predicted molar refractivity (Wildman–Crippen MR) is 103 cm³/mol. The highest BCUT2D eigenvalue weighted by molar-refractivity contribution is 7.90. The minimum Gasteiger partial charge on any atom is -0.285 e. The van der Waals surface area contributed by atoms with Gasteiger partial charge in [-0.15, -0.1) is 0 Å². The third-order valence-electron chi connectivity index (χ3n) is 3.99. The molecule has 1 heterocycles. The molecule has 0 amide bonds. The van der Waals surface area contributed by atoms with Crippen molar-refractivity contribution in [3.8, 4) is 0 Å². The van der Waals surface area contributed by atoms with E-state index in [0.29, 0.717) is 11.2 Å². The first kappa shape index (κ1) is 17.4. The zero-order valence-electron chi connectivity index (χ0n) is 14.9. The molecule has 0 saturated heterocycles. The van der Waals surface area contributed by atoms with Gasteiger partial charge in [-0.3, -0.25) is 4.99 Å². The van der Waals surface area contributed by atoms with Crippen molar-refractivity contribution in [2.24, 2.45) is 4.99 Å². The molecule has 25 heavy (non-hydrogen) atoms. The molecule has 0 N–H and O–H groups in total. The molecule has 130 valence electrons. The number of hydrogen-bond acceptors (Lipinski definition) is 3. The largest absolute Gasteiger partial charge is 0.285 e. The number of aliphatic imine (C=N–C) groups is 1. The van der Waals surface area contributed by atoms with Crippen molar-refractivity contribution in [2.75, 3.05) is 0 Å². The summed E-state index contributed by atoms with van der Waals surface area (Å²) >= 11 is 0. The lowest BCUT2D eigenvalue weighted by atomic mass is 10.1. The Morgan fingerprint density at radius 3 is 2.20 bits per heavy atom. The fourth-order valence-electron chi connectivity index (χ4n) is 2.75. The van der Waals surface area contributed by atoms with Crippen LogP contribution in [0.3, 0.4) is 0 Å². The van der Waals surface area contributed by atoms with Crippen molar-refractivity contribution in [1.82, 2.24) is 3.97 Å². The van der Waals surface area contributed by atoms with Crippen LogP contribution in [0.5, 0.6) is 0 Å². The molecule has 0 atom stereocenters. The van der Waals surface area contributed by atoms with Gasteiger partial charge < -0.3 is 0 Å². The Morgan fingerprint density at radius 1 is 0.960 bits per heavy atom. The Hall–Kier alpha value is -2.40. The SMILES string of the molecule is Cc1c(C=NC(C)(C)C)n(S(=O)(=O)c2ccccc2)c2ccccc12. The average Bonchev–Trinajstić information content (AvgIpc) is 2.86. The summed E-state index contributed by atoms with van der Waals surface area (Å²) in [5.74, 6) is 0. The van der Waals surface area contributed by atoms with Crippen molar-refractivity contribution in [2.45, 2.75) is 38.1 Å². The van der Waals surface area contributed by atoms with E-state index in [1.54, 1.807) is 36.5 Å². The van der Waals surface area contributed by atoms with Crippen LogP contribution >= 0.6 is 0 Å². The Kier molecular flexibility index (Phi) is 4.29. The third kappa shape index (κ3) is 3.24. The number of aryl methyl sites for hydroxylation is 1. The first-order valence-electron chi connectivity index (χ1n) is 8.18. The van der Waals surface area contributed by atoms with E-state index in [1.165, 1.54) is 3.97 Å². The van der Waals surface area contributed by atoms with E-state index < -0.39 is 10.0 Å². The topological polar surface area (TPSA) is 51.4 Å². The smallest absolute Gasteiger partial charge is 0.268 e. The molecule has 0 aliphatic rings. The summed E-state index contributed by atoms with van der Waals surface area (Å²) in [5.41, 5.74) is 1.88. The minimum atomic E-state index is -3.72. The summed E-state index contributed by atoms with van der Waals surface area (Å²) in [6, 6.07) is 16.0. The maximum absolute atomic E-state index is 13.3. The Morgan fingerprint density at radius 2 is 1.56 bits per heavy atom. The fourth-order valence-corrected chi connectivity index (χ4v) is 4.32. The zero-order valence-corrected chi connectivity index (χ0v) is 15.7. The van der Waals surface area contributed by atoms with Gasteiger partial charge in [0.25, 0.3) is 10.0 Å². The van der Waals surface area contributed by atoms with E-state index in [-0.39, 0.29) is 10.4 Å². The first-order valence-corrected chi connectivity index (χ1v) is 9.62. The molecule has 0 aliphatic carbocycles. The van der Waals surface area contributed by atoms with E-state index in [2.05, 4.69) is 4.99 Å². The Labute approximate surface area is 148 Å². The molecule has 0 unspecified atom stereocenters. The molecule has 0 saturated carbocycles. The van der Waals surface area contributed by atoms with Crippen molar-refractivity contribution in [3.63, 3.8) is 0 Å². The molecule has 3 aromatic rings. The molecule has 0 spiro atoms. The van der Waals surface area contributed by atoms with E-state index in [0.717, 1.165) is 10.9 Å². The lowest BCUT2D eigenvalue weighted by Gasteiger charge is -2.13. The van der Waals surface area contributed by atoms with Gasteiger partial charge in [-0.2, -0.15) is 0 Å². The standard InChI is InChI=1S/C20H22N2O2S/c1-15-17-12-8-9-13-18(17)22(19(15)14-21-20(2,3)4)25(23,24)16-10-6-5-7-11-16/h5-14H,1-4H3. The molecule has 1 aromatic heterocycles. The van der Waals surface area contributed by atoms with E-state index >= 15 is 0 Å². The lowest BCUT2D eigenvalue weighted by Crippen LogP contribution is -2.17. The first-order chi connectivity index (χ1) is 11.7. The summed E-state index contributed by atoms with van der Waals surface area (Å²) in [4.78, 5) is 4.81. The average molecular weight is 354 g/mol. The molecule has 2 aromatic carbocycles. The fraction of sp³-hybridized carbons (Fsp3) is 0.250. The molecule has 0 aliphatic heterocycles. The summed E-state index contributed by atoms with van der Waals surface area (Å²) in [6.07, 6.45) is 1.68. The van der Waals surface area contributed by atoms with Gasteiger partial charge >= 0.3 is 0 Å². The van der Waals surface area contributed by atoms with Gasteiger partial charge in [0.2, 0.25) is 0 Å². The zero-order chi connectivity index (χ0) is 18.2. The van der Waals surface area contributed by atoms with E-state index in [4.69, 9.17) is 0 Å². The van der Waals surface area contributed by atoms with Crippen LogP contribution < -0.4 is 0 Å². The van der Waals surface area contributed by atoms with Gasteiger partial charge in [0.1, 0.15) is 0 Å². The highest BCUT2D eigenvalue weighted by atomic mass is 32.2. The quantitative estimate of drug-likeness (QED) is 0.655. The second kappa shape index (κ2) is 6.15. The van der Waals surface area contributed by atoms with Gasteiger partial charge in [0.05, 0.1) is 21.6 Å². The monoisotopic (exact) mass is 354 g/mol. The number of aromatic nitrogens is 1. The van der Waals surface area contributed by atoms with Crippen LogP contribution in [0.2, 0.25) is 0 Å².